The van der Waals surface area contributed by atoms with Crippen LogP contribution in [-0.2, 0) is 4.74 Å². The summed E-state index contributed by atoms with van der Waals surface area (Å²) in [5, 5.41) is 0. The molecule has 0 bridgehead atoms. The lowest BCUT2D eigenvalue weighted by atomic mass is 10.2. The van der Waals surface area contributed by atoms with Crippen LogP contribution in [0.4, 0.5) is 5.82 Å². The van der Waals surface area contributed by atoms with Crippen LogP contribution in [0.3, 0.4) is 0 Å². The van der Waals surface area contributed by atoms with Crippen molar-refractivity contribution in [3.8, 4) is 0 Å². The molecule has 0 amide bonds. The van der Waals surface area contributed by atoms with Gasteiger partial charge in [0.1, 0.15) is 5.82 Å². The van der Waals surface area contributed by atoms with E-state index in [0.29, 0.717) is 0 Å². The summed E-state index contributed by atoms with van der Waals surface area (Å²) in [4.78, 5) is 6.73. The molecule has 1 aliphatic rings. The van der Waals surface area contributed by atoms with Gasteiger partial charge < -0.3 is 9.64 Å². The Bertz CT molecular complexity index is 313. The van der Waals surface area contributed by atoms with E-state index >= 15 is 0 Å². The van der Waals surface area contributed by atoms with Crippen LogP contribution in [0.15, 0.2) is 18.3 Å². The first kappa shape index (κ1) is 10.4. The van der Waals surface area contributed by atoms with Crippen LogP contribution in [0.2, 0.25) is 0 Å². The maximum absolute atomic E-state index is 5.69. The third kappa shape index (κ3) is 2.48. The number of pyridine rings is 1. The van der Waals surface area contributed by atoms with Gasteiger partial charge in [-0.2, -0.15) is 0 Å². The third-order valence-corrected chi connectivity index (χ3v) is 2.64. The van der Waals surface area contributed by atoms with E-state index in [1.807, 2.05) is 6.20 Å². The second kappa shape index (κ2) is 4.19. The summed E-state index contributed by atoms with van der Waals surface area (Å²) in [7, 11) is 0. The van der Waals surface area contributed by atoms with Gasteiger partial charge >= 0.3 is 0 Å². The normalized spacial score (nSPS) is 26.7. The molecule has 3 nitrogen and oxygen atoms in total. The second-order valence-corrected chi connectivity index (χ2v) is 4.36. The number of hydrogen-bond acceptors (Lipinski definition) is 3. The fourth-order valence-corrected chi connectivity index (χ4v) is 2.01. The predicted octanol–water partition coefficient (Wildman–Crippen LogP) is 2.00. The molecule has 0 aromatic carbocycles. The number of hydrogen-bond donors (Lipinski definition) is 0. The SMILES string of the molecule is Cc1ccc(N2C[C@@H](C)O[C@@H](C)C2)nc1. The highest BCUT2D eigenvalue weighted by Crippen LogP contribution is 2.17. The van der Waals surface area contributed by atoms with Crippen molar-refractivity contribution < 1.29 is 4.74 Å². The molecule has 2 atom stereocenters. The third-order valence-electron chi connectivity index (χ3n) is 2.64. The molecule has 0 radical (unpaired) electrons. The summed E-state index contributed by atoms with van der Waals surface area (Å²) in [5.74, 6) is 1.06. The average molecular weight is 206 g/mol. The first-order chi connectivity index (χ1) is 7.15. The quantitative estimate of drug-likeness (QED) is 0.702. The maximum Gasteiger partial charge on any atom is 0.128 e. The minimum atomic E-state index is 0.289. The van der Waals surface area contributed by atoms with Crippen LogP contribution >= 0.6 is 0 Å². The zero-order chi connectivity index (χ0) is 10.8. The molecule has 0 unspecified atom stereocenters. The highest BCUT2D eigenvalue weighted by atomic mass is 16.5. The van der Waals surface area contributed by atoms with Crippen LogP contribution in [0.25, 0.3) is 0 Å². The molecular weight excluding hydrogens is 188 g/mol. The first-order valence-electron chi connectivity index (χ1n) is 5.48. The van der Waals surface area contributed by atoms with E-state index in [4.69, 9.17) is 4.74 Å². The number of anilines is 1. The molecule has 0 spiro atoms. The largest absolute Gasteiger partial charge is 0.372 e. The minimum absolute atomic E-state index is 0.289. The van der Waals surface area contributed by atoms with E-state index in [2.05, 4.69) is 42.8 Å². The molecule has 15 heavy (non-hydrogen) atoms. The Kier molecular flexibility index (Phi) is 2.91. The molecule has 82 valence electrons. The van der Waals surface area contributed by atoms with Gasteiger partial charge in [0.15, 0.2) is 0 Å². The summed E-state index contributed by atoms with van der Waals surface area (Å²) in [6.07, 6.45) is 2.49. The van der Waals surface area contributed by atoms with E-state index in [9.17, 15) is 0 Å². The highest BCUT2D eigenvalue weighted by molar-refractivity contribution is 5.39. The monoisotopic (exact) mass is 206 g/mol. The van der Waals surface area contributed by atoms with Gasteiger partial charge in [0.25, 0.3) is 0 Å². The summed E-state index contributed by atoms with van der Waals surface area (Å²) in [6.45, 7) is 8.13. The predicted molar refractivity (Wildman–Crippen MR) is 61.2 cm³/mol. The first-order valence-corrected chi connectivity index (χ1v) is 5.48. The van der Waals surface area contributed by atoms with Crippen molar-refractivity contribution in [2.45, 2.75) is 33.0 Å². The molecule has 0 N–H and O–H groups in total. The number of nitrogens with zero attached hydrogens (tertiary/aromatic N) is 2. The Balaban J connectivity index is 2.12. The van der Waals surface area contributed by atoms with Gasteiger partial charge in [-0.25, -0.2) is 4.98 Å². The van der Waals surface area contributed by atoms with Crippen LogP contribution in [-0.4, -0.2) is 30.3 Å². The maximum atomic E-state index is 5.69. The molecule has 1 saturated heterocycles. The van der Waals surface area contributed by atoms with Crippen molar-refractivity contribution in [2.75, 3.05) is 18.0 Å². The summed E-state index contributed by atoms with van der Waals surface area (Å²) in [6, 6.07) is 4.19. The van der Waals surface area contributed by atoms with Crippen molar-refractivity contribution in [3.63, 3.8) is 0 Å². The minimum Gasteiger partial charge on any atom is -0.372 e. The fourth-order valence-electron chi connectivity index (χ4n) is 2.01. The Hall–Kier alpha value is -1.09. The molecule has 2 heterocycles. The van der Waals surface area contributed by atoms with Crippen molar-refractivity contribution >= 4 is 5.82 Å². The van der Waals surface area contributed by atoms with E-state index in [-0.39, 0.29) is 12.2 Å². The molecule has 1 fully saturated rings. The van der Waals surface area contributed by atoms with Gasteiger partial charge in [-0.3, -0.25) is 0 Å². The van der Waals surface area contributed by atoms with Gasteiger partial charge in [-0.05, 0) is 32.4 Å². The molecule has 1 aliphatic heterocycles. The Morgan fingerprint density at radius 2 is 1.93 bits per heavy atom. The molecule has 0 saturated carbocycles. The number of rotatable bonds is 1. The Labute approximate surface area is 91.1 Å². The lowest BCUT2D eigenvalue weighted by Crippen LogP contribution is -2.45. The van der Waals surface area contributed by atoms with Crippen molar-refractivity contribution in [1.29, 1.82) is 0 Å². The summed E-state index contributed by atoms with van der Waals surface area (Å²) < 4.78 is 5.69. The van der Waals surface area contributed by atoms with Crippen molar-refractivity contribution in [2.24, 2.45) is 0 Å². The summed E-state index contributed by atoms with van der Waals surface area (Å²) in [5.41, 5.74) is 1.20. The zero-order valence-electron chi connectivity index (χ0n) is 9.60. The van der Waals surface area contributed by atoms with Gasteiger partial charge in [-0.1, -0.05) is 6.07 Å². The summed E-state index contributed by atoms with van der Waals surface area (Å²) >= 11 is 0. The van der Waals surface area contributed by atoms with Crippen LogP contribution in [0.1, 0.15) is 19.4 Å². The molecule has 1 aromatic heterocycles. The van der Waals surface area contributed by atoms with Gasteiger partial charge in [0.05, 0.1) is 12.2 Å². The average Bonchev–Trinajstić information content (AvgIpc) is 2.17. The van der Waals surface area contributed by atoms with Crippen molar-refractivity contribution in [3.05, 3.63) is 23.9 Å². The van der Waals surface area contributed by atoms with Crippen LogP contribution < -0.4 is 4.90 Å². The fraction of sp³-hybridized carbons (Fsp3) is 0.583. The molecule has 2 rings (SSSR count). The number of ether oxygens (including phenoxy) is 1. The van der Waals surface area contributed by atoms with E-state index in [1.165, 1.54) is 5.56 Å². The topological polar surface area (TPSA) is 25.4 Å². The second-order valence-electron chi connectivity index (χ2n) is 4.36. The number of morpholine rings is 1. The zero-order valence-corrected chi connectivity index (χ0v) is 9.60. The lowest BCUT2D eigenvalue weighted by molar-refractivity contribution is -0.00545. The number of aromatic nitrogens is 1. The van der Waals surface area contributed by atoms with E-state index in [0.717, 1.165) is 18.9 Å². The number of aryl methyl sites for hydroxylation is 1. The molecule has 1 aromatic rings. The highest BCUT2D eigenvalue weighted by Gasteiger charge is 2.22. The van der Waals surface area contributed by atoms with Gasteiger partial charge in [0, 0.05) is 19.3 Å². The van der Waals surface area contributed by atoms with Gasteiger partial charge in [-0.15, -0.1) is 0 Å². The Morgan fingerprint density at radius 1 is 1.27 bits per heavy atom. The smallest absolute Gasteiger partial charge is 0.128 e. The van der Waals surface area contributed by atoms with Crippen LogP contribution in [0, 0.1) is 6.92 Å². The molecular formula is C12H18N2O. The Morgan fingerprint density at radius 3 is 2.47 bits per heavy atom. The molecule has 3 heteroatoms. The van der Waals surface area contributed by atoms with Crippen molar-refractivity contribution in [1.82, 2.24) is 4.98 Å². The van der Waals surface area contributed by atoms with E-state index in [1.54, 1.807) is 0 Å². The standard InChI is InChI=1S/C12H18N2O/c1-9-4-5-12(13-6-9)14-7-10(2)15-11(3)8-14/h4-6,10-11H,7-8H2,1-3H3/t10-,11+. The lowest BCUT2D eigenvalue weighted by Gasteiger charge is -2.36. The van der Waals surface area contributed by atoms with Gasteiger partial charge in [0.2, 0.25) is 0 Å². The van der Waals surface area contributed by atoms with E-state index < -0.39 is 0 Å². The van der Waals surface area contributed by atoms with Crippen LogP contribution in [0.5, 0.6) is 0 Å². The molecule has 0 aliphatic carbocycles.